The van der Waals surface area contributed by atoms with Crippen molar-refractivity contribution in [1.82, 2.24) is 15.6 Å². The standard InChI is InChI=1S/C18H22ClN3.ClH/c19-16-6-4-15(5-7-16)18(17-3-1-2-10-21-17)22-13-14-8-11-20-12-9-14;/h1-7,10,14,18,20,22H,8-9,11-13H2;1H. The van der Waals surface area contributed by atoms with E-state index in [0.29, 0.717) is 0 Å². The van der Waals surface area contributed by atoms with E-state index in [1.54, 1.807) is 0 Å². The van der Waals surface area contributed by atoms with Crippen LogP contribution in [0.1, 0.15) is 30.1 Å². The smallest absolute Gasteiger partial charge is 0.0751 e. The van der Waals surface area contributed by atoms with Gasteiger partial charge in [-0.1, -0.05) is 29.8 Å². The number of rotatable bonds is 5. The first-order chi connectivity index (χ1) is 10.8. The quantitative estimate of drug-likeness (QED) is 0.859. The van der Waals surface area contributed by atoms with E-state index in [9.17, 15) is 0 Å². The first kappa shape index (κ1) is 18.2. The molecule has 0 radical (unpaired) electrons. The van der Waals surface area contributed by atoms with Crippen molar-refractivity contribution in [3.05, 3.63) is 64.9 Å². The van der Waals surface area contributed by atoms with E-state index in [0.717, 1.165) is 36.3 Å². The number of pyridine rings is 1. The molecule has 1 aliphatic heterocycles. The molecule has 2 N–H and O–H groups in total. The molecule has 3 nitrogen and oxygen atoms in total. The van der Waals surface area contributed by atoms with Crippen molar-refractivity contribution in [3.8, 4) is 0 Å². The lowest BCUT2D eigenvalue weighted by molar-refractivity contribution is 0.347. The zero-order chi connectivity index (χ0) is 15.2. The van der Waals surface area contributed by atoms with Gasteiger partial charge in [0, 0.05) is 11.2 Å². The average molecular weight is 352 g/mol. The number of aromatic nitrogens is 1. The van der Waals surface area contributed by atoms with Crippen LogP contribution in [0.3, 0.4) is 0 Å². The second-order valence-electron chi connectivity index (χ2n) is 5.84. The van der Waals surface area contributed by atoms with Gasteiger partial charge in [-0.15, -0.1) is 12.4 Å². The number of hydrogen-bond acceptors (Lipinski definition) is 3. The number of nitrogens with one attached hydrogen (secondary N) is 2. The van der Waals surface area contributed by atoms with Crippen molar-refractivity contribution in [3.63, 3.8) is 0 Å². The third-order valence-electron chi connectivity index (χ3n) is 4.26. The highest BCUT2D eigenvalue weighted by Crippen LogP contribution is 2.23. The van der Waals surface area contributed by atoms with Crippen molar-refractivity contribution in [2.45, 2.75) is 18.9 Å². The van der Waals surface area contributed by atoms with Crippen molar-refractivity contribution in [2.24, 2.45) is 5.92 Å². The molecule has 5 heteroatoms. The molecule has 1 aliphatic rings. The van der Waals surface area contributed by atoms with Crippen LogP contribution in [0.15, 0.2) is 48.7 Å². The van der Waals surface area contributed by atoms with Gasteiger partial charge in [-0.3, -0.25) is 4.98 Å². The van der Waals surface area contributed by atoms with Crippen LogP contribution in [0.25, 0.3) is 0 Å². The maximum Gasteiger partial charge on any atom is 0.0751 e. The molecule has 1 atom stereocenters. The number of hydrogen-bond donors (Lipinski definition) is 2. The number of benzene rings is 1. The van der Waals surface area contributed by atoms with E-state index in [4.69, 9.17) is 11.6 Å². The monoisotopic (exact) mass is 351 g/mol. The normalized spacial score (nSPS) is 16.6. The molecule has 1 aromatic heterocycles. The minimum absolute atomic E-state index is 0. The maximum atomic E-state index is 6.02. The van der Waals surface area contributed by atoms with Gasteiger partial charge in [0.1, 0.15) is 0 Å². The van der Waals surface area contributed by atoms with Crippen molar-refractivity contribution < 1.29 is 0 Å². The third kappa shape index (κ3) is 5.18. The zero-order valence-electron chi connectivity index (χ0n) is 13.0. The second-order valence-corrected chi connectivity index (χ2v) is 6.28. The molecular weight excluding hydrogens is 329 g/mol. The van der Waals surface area contributed by atoms with Crippen LogP contribution in [-0.4, -0.2) is 24.6 Å². The summed E-state index contributed by atoms with van der Waals surface area (Å²) in [6.45, 7) is 3.27. The highest BCUT2D eigenvalue weighted by atomic mass is 35.5. The highest BCUT2D eigenvalue weighted by Gasteiger charge is 2.18. The first-order valence-corrected chi connectivity index (χ1v) is 8.31. The summed E-state index contributed by atoms with van der Waals surface area (Å²) in [6, 6.07) is 14.2. The molecule has 2 heterocycles. The summed E-state index contributed by atoms with van der Waals surface area (Å²) in [5, 5.41) is 7.89. The molecule has 0 amide bonds. The van der Waals surface area contributed by atoms with E-state index >= 15 is 0 Å². The summed E-state index contributed by atoms with van der Waals surface area (Å²) in [5.41, 5.74) is 2.26. The summed E-state index contributed by atoms with van der Waals surface area (Å²) in [7, 11) is 0. The van der Waals surface area contributed by atoms with E-state index in [1.807, 2.05) is 30.5 Å². The lowest BCUT2D eigenvalue weighted by Crippen LogP contribution is -2.35. The summed E-state index contributed by atoms with van der Waals surface area (Å²) in [4.78, 5) is 4.53. The van der Waals surface area contributed by atoms with E-state index in [2.05, 4.69) is 33.8 Å². The van der Waals surface area contributed by atoms with Crippen LogP contribution in [0, 0.1) is 5.92 Å². The van der Waals surface area contributed by atoms with Crippen molar-refractivity contribution >= 4 is 24.0 Å². The molecule has 0 bridgehead atoms. The van der Waals surface area contributed by atoms with E-state index in [1.165, 1.54) is 18.4 Å². The molecule has 2 aromatic rings. The summed E-state index contributed by atoms with van der Waals surface area (Å²) < 4.78 is 0. The summed E-state index contributed by atoms with van der Waals surface area (Å²) >= 11 is 6.02. The Hall–Kier alpha value is -1.13. The predicted octanol–water partition coefficient (Wildman–Crippen LogP) is 3.84. The van der Waals surface area contributed by atoms with Crippen LogP contribution < -0.4 is 10.6 Å². The van der Waals surface area contributed by atoms with E-state index < -0.39 is 0 Å². The largest absolute Gasteiger partial charge is 0.317 e. The van der Waals surface area contributed by atoms with Gasteiger partial charge in [0.05, 0.1) is 11.7 Å². The Morgan fingerprint density at radius 1 is 1.13 bits per heavy atom. The molecular formula is C18H23Cl2N3. The van der Waals surface area contributed by atoms with Gasteiger partial charge >= 0.3 is 0 Å². The molecule has 1 aromatic carbocycles. The molecule has 0 saturated carbocycles. The van der Waals surface area contributed by atoms with Crippen molar-refractivity contribution in [1.29, 1.82) is 0 Å². The van der Waals surface area contributed by atoms with Crippen LogP contribution in [0.2, 0.25) is 5.02 Å². The maximum absolute atomic E-state index is 6.02. The van der Waals surface area contributed by atoms with Gasteiger partial charge in [0.15, 0.2) is 0 Å². The molecule has 0 spiro atoms. The van der Waals surface area contributed by atoms with Gasteiger partial charge < -0.3 is 10.6 Å². The lowest BCUT2D eigenvalue weighted by Gasteiger charge is -2.26. The molecule has 0 aliphatic carbocycles. The Bertz CT molecular complexity index is 569. The van der Waals surface area contributed by atoms with Gasteiger partial charge in [-0.2, -0.15) is 0 Å². The number of halogens is 2. The molecule has 3 rings (SSSR count). The highest BCUT2D eigenvalue weighted by molar-refractivity contribution is 6.30. The Morgan fingerprint density at radius 3 is 2.52 bits per heavy atom. The fraction of sp³-hybridized carbons (Fsp3) is 0.389. The SMILES string of the molecule is Cl.Clc1ccc(C(NCC2CCNCC2)c2ccccn2)cc1. The van der Waals surface area contributed by atoms with Gasteiger partial charge in [0.25, 0.3) is 0 Å². The predicted molar refractivity (Wildman–Crippen MR) is 98.4 cm³/mol. The fourth-order valence-corrected chi connectivity index (χ4v) is 3.09. The Labute approximate surface area is 149 Å². The minimum atomic E-state index is 0. The van der Waals surface area contributed by atoms with Gasteiger partial charge in [-0.05, 0) is 68.2 Å². The van der Waals surface area contributed by atoms with Crippen molar-refractivity contribution in [2.75, 3.05) is 19.6 Å². The van der Waals surface area contributed by atoms with Gasteiger partial charge in [0.2, 0.25) is 0 Å². The van der Waals surface area contributed by atoms with Crippen LogP contribution >= 0.6 is 24.0 Å². The van der Waals surface area contributed by atoms with Crippen LogP contribution in [0.5, 0.6) is 0 Å². The summed E-state index contributed by atoms with van der Waals surface area (Å²) in [6.07, 6.45) is 4.33. The first-order valence-electron chi connectivity index (χ1n) is 7.93. The number of piperidine rings is 1. The molecule has 23 heavy (non-hydrogen) atoms. The molecule has 124 valence electrons. The van der Waals surface area contributed by atoms with Crippen LogP contribution in [0.4, 0.5) is 0 Å². The zero-order valence-corrected chi connectivity index (χ0v) is 14.6. The third-order valence-corrected chi connectivity index (χ3v) is 4.51. The number of nitrogens with zero attached hydrogens (tertiary/aromatic N) is 1. The molecule has 1 unspecified atom stereocenters. The summed E-state index contributed by atoms with van der Waals surface area (Å²) in [5.74, 6) is 0.736. The second kappa shape index (κ2) is 9.24. The fourth-order valence-electron chi connectivity index (χ4n) is 2.97. The molecule has 1 fully saturated rings. The van der Waals surface area contributed by atoms with E-state index in [-0.39, 0.29) is 18.4 Å². The topological polar surface area (TPSA) is 37.0 Å². The average Bonchev–Trinajstić information content (AvgIpc) is 2.58. The minimum Gasteiger partial charge on any atom is -0.317 e. The van der Waals surface area contributed by atoms with Crippen LogP contribution in [-0.2, 0) is 0 Å². The Balaban J connectivity index is 0.00000192. The lowest BCUT2D eigenvalue weighted by atomic mass is 9.96. The van der Waals surface area contributed by atoms with Gasteiger partial charge in [-0.25, -0.2) is 0 Å². The Morgan fingerprint density at radius 2 is 1.87 bits per heavy atom. The Kier molecular flexibility index (Phi) is 7.31. The molecule has 1 saturated heterocycles.